The second kappa shape index (κ2) is 10.4. The van der Waals surface area contributed by atoms with Gasteiger partial charge in [0.1, 0.15) is 5.82 Å². The van der Waals surface area contributed by atoms with Gasteiger partial charge in [0, 0.05) is 50.0 Å². The van der Waals surface area contributed by atoms with Gasteiger partial charge in [-0.1, -0.05) is 26.2 Å². The normalized spacial score (nSPS) is 20.4. The van der Waals surface area contributed by atoms with Crippen LogP contribution in [0.4, 0.5) is 0 Å². The third-order valence-electron chi connectivity index (χ3n) is 6.42. The van der Waals surface area contributed by atoms with Crippen LogP contribution in [0.15, 0.2) is 12.4 Å². The number of carbonyl (C=O) groups excluding carboxylic acids is 1. The summed E-state index contributed by atoms with van der Waals surface area (Å²) in [5.74, 6) is 1.96. The first-order chi connectivity index (χ1) is 13.6. The fourth-order valence-corrected chi connectivity index (χ4v) is 4.67. The van der Waals surface area contributed by atoms with Crippen LogP contribution in [0, 0.1) is 5.41 Å². The van der Waals surface area contributed by atoms with Crippen molar-refractivity contribution in [3.63, 3.8) is 0 Å². The standard InChI is InChI=1S/C22H37N3O3/c1-3-27-17-18-28-16-15-24-14-11-23-20(24)19-7-12-25(13-8-19)21(26)22(2)9-5-4-6-10-22/h11,14,19H,3-10,12-13,15-18H2,1-2H3. The van der Waals surface area contributed by atoms with E-state index >= 15 is 0 Å². The topological polar surface area (TPSA) is 56.6 Å². The first kappa shape index (κ1) is 21.3. The lowest BCUT2D eigenvalue weighted by atomic mass is 9.74. The number of nitrogens with zero attached hydrogens (tertiary/aromatic N) is 3. The zero-order chi connectivity index (χ0) is 19.8. The van der Waals surface area contributed by atoms with Crippen LogP contribution < -0.4 is 0 Å². The van der Waals surface area contributed by atoms with E-state index in [1.54, 1.807) is 0 Å². The highest BCUT2D eigenvalue weighted by atomic mass is 16.5. The summed E-state index contributed by atoms with van der Waals surface area (Å²) in [6.07, 6.45) is 11.7. The zero-order valence-corrected chi connectivity index (χ0v) is 17.7. The number of imidazole rings is 1. The summed E-state index contributed by atoms with van der Waals surface area (Å²) in [6.45, 7) is 9.40. The van der Waals surface area contributed by atoms with E-state index in [4.69, 9.17) is 9.47 Å². The van der Waals surface area contributed by atoms with Gasteiger partial charge < -0.3 is 18.9 Å². The molecule has 1 saturated carbocycles. The van der Waals surface area contributed by atoms with Gasteiger partial charge in [0.25, 0.3) is 0 Å². The van der Waals surface area contributed by atoms with E-state index in [0.717, 1.165) is 57.7 Å². The summed E-state index contributed by atoms with van der Waals surface area (Å²) < 4.78 is 13.2. The number of piperidine rings is 1. The number of aromatic nitrogens is 2. The molecule has 0 radical (unpaired) electrons. The van der Waals surface area contributed by atoms with Crippen molar-refractivity contribution in [2.75, 3.05) is 39.5 Å². The van der Waals surface area contributed by atoms with Crippen LogP contribution in [0.1, 0.15) is 70.5 Å². The Morgan fingerprint density at radius 2 is 1.86 bits per heavy atom. The lowest BCUT2D eigenvalue weighted by Gasteiger charge is -2.40. The summed E-state index contributed by atoms with van der Waals surface area (Å²) in [5.41, 5.74) is -0.123. The predicted molar refractivity (Wildman–Crippen MR) is 109 cm³/mol. The SMILES string of the molecule is CCOCCOCCn1ccnc1C1CCN(C(=O)C2(C)CCCCC2)CC1. The van der Waals surface area contributed by atoms with Crippen molar-refractivity contribution in [1.82, 2.24) is 14.5 Å². The van der Waals surface area contributed by atoms with Crippen molar-refractivity contribution < 1.29 is 14.3 Å². The molecule has 3 rings (SSSR count). The molecule has 1 amide bonds. The van der Waals surface area contributed by atoms with Gasteiger partial charge in [0.2, 0.25) is 5.91 Å². The number of hydrogen-bond donors (Lipinski definition) is 0. The molecule has 158 valence electrons. The minimum atomic E-state index is -0.123. The van der Waals surface area contributed by atoms with Crippen LogP contribution in [-0.4, -0.2) is 59.9 Å². The zero-order valence-electron chi connectivity index (χ0n) is 17.7. The van der Waals surface area contributed by atoms with Crippen LogP contribution in [0.3, 0.4) is 0 Å². The van der Waals surface area contributed by atoms with Crippen LogP contribution in [0.5, 0.6) is 0 Å². The Hall–Kier alpha value is -1.40. The van der Waals surface area contributed by atoms with Crippen molar-refractivity contribution in [3.8, 4) is 0 Å². The fraction of sp³-hybridized carbons (Fsp3) is 0.818. The molecular weight excluding hydrogens is 354 g/mol. The first-order valence-electron chi connectivity index (χ1n) is 11.1. The predicted octanol–water partition coefficient (Wildman–Crippen LogP) is 3.61. The molecule has 1 aliphatic carbocycles. The van der Waals surface area contributed by atoms with E-state index < -0.39 is 0 Å². The minimum Gasteiger partial charge on any atom is -0.379 e. The smallest absolute Gasteiger partial charge is 0.228 e. The molecule has 2 fully saturated rings. The Labute approximate surface area is 169 Å². The van der Waals surface area contributed by atoms with Crippen molar-refractivity contribution in [3.05, 3.63) is 18.2 Å². The number of amides is 1. The molecule has 0 N–H and O–H groups in total. The van der Waals surface area contributed by atoms with Gasteiger partial charge in [-0.05, 0) is 32.6 Å². The monoisotopic (exact) mass is 391 g/mol. The Morgan fingerprint density at radius 3 is 2.57 bits per heavy atom. The van der Waals surface area contributed by atoms with E-state index in [9.17, 15) is 4.79 Å². The van der Waals surface area contributed by atoms with Crippen molar-refractivity contribution >= 4 is 5.91 Å². The van der Waals surface area contributed by atoms with Gasteiger partial charge in [-0.2, -0.15) is 0 Å². The van der Waals surface area contributed by atoms with Crippen molar-refractivity contribution in [2.45, 2.75) is 71.3 Å². The molecule has 6 nitrogen and oxygen atoms in total. The van der Waals surface area contributed by atoms with E-state index in [0.29, 0.717) is 31.6 Å². The highest BCUT2D eigenvalue weighted by Crippen LogP contribution is 2.39. The minimum absolute atomic E-state index is 0.123. The van der Waals surface area contributed by atoms with Crippen LogP contribution in [0.25, 0.3) is 0 Å². The van der Waals surface area contributed by atoms with E-state index in [2.05, 4.69) is 21.4 Å². The molecule has 1 aromatic heterocycles. The van der Waals surface area contributed by atoms with Gasteiger partial charge >= 0.3 is 0 Å². The molecule has 2 aliphatic rings. The quantitative estimate of drug-likeness (QED) is 0.604. The lowest BCUT2D eigenvalue weighted by molar-refractivity contribution is -0.144. The summed E-state index contributed by atoms with van der Waals surface area (Å²) in [6, 6.07) is 0. The maximum Gasteiger partial charge on any atom is 0.228 e. The molecule has 1 aliphatic heterocycles. The second-order valence-corrected chi connectivity index (χ2v) is 8.48. The second-order valence-electron chi connectivity index (χ2n) is 8.48. The molecule has 0 bridgehead atoms. The molecule has 1 aromatic rings. The van der Waals surface area contributed by atoms with E-state index in [-0.39, 0.29) is 5.41 Å². The average molecular weight is 392 g/mol. The van der Waals surface area contributed by atoms with Crippen molar-refractivity contribution in [2.24, 2.45) is 5.41 Å². The Morgan fingerprint density at radius 1 is 1.14 bits per heavy atom. The first-order valence-corrected chi connectivity index (χ1v) is 11.1. The number of rotatable bonds is 9. The van der Waals surface area contributed by atoms with Crippen LogP contribution >= 0.6 is 0 Å². The number of likely N-dealkylation sites (tertiary alicyclic amines) is 1. The Kier molecular flexibility index (Phi) is 7.91. The number of ether oxygens (including phenoxy) is 2. The Bertz CT molecular complexity index is 602. The summed E-state index contributed by atoms with van der Waals surface area (Å²) in [5, 5.41) is 0. The molecule has 1 saturated heterocycles. The summed E-state index contributed by atoms with van der Waals surface area (Å²) in [4.78, 5) is 19.8. The van der Waals surface area contributed by atoms with Crippen molar-refractivity contribution in [1.29, 1.82) is 0 Å². The number of carbonyl (C=O) groups is 1. The lowest BCUT2D eigenvalue weighted by Crippen LogP contribution is -2.46. The molecule has 0 spiro atoms. The third kappa shape index (κ3) is 5.35. The highest BCUT2D eigenvalue weighted by molar-refractivity contribution is 5.82. The highest BCUT2D eigenvalue weighted by Gasteiger charge is 2.39. The summed E-state index contributed by atoms with van der Waals surface area (Å²) in [7, 11) is 0. The molecule has 0 unspecified atom stereocenters. The van der Waals surface area contributed by atoms with Crippen LogP contribution in [0.2, 0.25) is 0 Å². The Balaban J connectivity index is 1.46. The van der Waals surface area contributed by atoms with E-state index in [1.807, 2.05) is 19.3 Å². The molecular formula is C22H37N3O3. The fourth-order valence-electron chi connectivity index (χ4n) is 4.67. The molecule has 2 heterocycles. The van der Waals surface area contributed by atoms with Gasteiger partial charge in [0.15, 0.2) is 0 Å². The van der Waals surface area contributed by atoms with Gasteiger partial charge in [-0.3, -0.25) is 4.79 Å². The maximum absolute atomic E-state index is 13.1. The van der Waals surface area contributed by atoms with E-state index in [1.165, 1.54) is 19.3 Å². The summed E-state index contributed by atoms with van der Waals surface area (Å²) >= 11 is 0. The van der Waals surface area contributed by atoms with Gasteiger partial charge in [-0.15, -0.1) is 0 Å². The third-order valence-corrected chi connectivity index (χ3v) is 6.42. The largest absolute Gasteiger partial charge is 0.379 e. The molecule has 0 atom stereocenters. The van der Waals surface area contributed by atoms with Gasteiger partial charge in [-0.25, -0.2) is 4.98 Å². The molecule has 6 heteroatoms. The van der Waals surface area contributed by atoms with Gasteiger partial charge in [0.05, 0.1) is 19.8 Å². The number of hydrogen-bond acceptors (Lipinski definition) is 4. The molecule has 0 aromatic carbocycles. The molecule has 28 heavy (non-hydrogen) atoms. The maximum atomic E-state index is 13.1. The average Bonchev–Trinajstić information content (AvgIpc) is 3.19. The van der Waals surface area contributed by atoms with Crippen LogP contribution in [-0.2, 0) is 20.8 Å².